The zero-order chi connectivity index (χ0) is 13.9. The Labute approximate surface area is 119 Å². The van der Waals surface area contributed by atoms with Crippen molar-refractivity contribution in [3.05, 3.63) is 42.2 Å². The number of likely N-dealkylation sites (N-methyl/N-ethyl adjacent to an activating group) is 2. The Morgan fingerprint density at radius 2 is 2.20 bits per heavy atom. The van der Waals surface area contributed by atoms with Crippen LogP contribution in [0.1, 0.15) is 11.6 Å². The van der Waals surface area contributed by atoms with E-state index in [1.807, 2.05) is 25.5 Å². The maximum absolute atomic E-state index is 5.97. The second-order valence-corrected chi connectivity index (χ2v) is 5.39. The number of morpholine rings is 1. The Bertz CT molecular complexity index is 581. The monoisotopic (exact) mass is 271 g/mol. The fourth-order valence-corrected chi connectivity index (χ4v) is 2.94. The molecule has 4 nitrogen and oxygen atoms in total. The zero-order valence-corrected chi connectivity index (χ0v) is 12.0. The van der Waals surface area contributed by atoms with E-state index in [-0.39, 0.29) is 12.1 Å². The first-order chi connectivity index (χ1) is 9.79. The molecule has 0 spiro atoms. The van der Waals surface area contributed by atoms with Crippen LogP contribution in [0.3, 0.4) is 0 Å². The predicted molar refractivity (Wildman–Crippen MR) is 80.8 cm³/mol. The molecule has 2 unspecified atom stereocenters. The lowest BCUT2D eigenvalue weighted by molar-refractivity contribution is -0.0378. The van der Waals surface area contributed by atoms with E-state index in [1.54, 1.807) is 0 Å². The SMILES string of the molecule is CNC(c1cncc2ccccc12)C1CN(C)CCO1. The largest absolute Gasteiger partial charge is 0.374 e. The van der Waals surface area contributed by atoms with Crippen molar-refractivity contribution in [3.63, 3.8) is 0 Å². The van der Waals surface area contributed by atoms with E-state index in [0.29, 0.717) is 0 Å². The van der Waals surface area contributed by atoms with E-state index >= 15 is 0 Å². The van der Waals surface area contributed by atoms with Crippen molar-refractivity contribution in [2.45, 2.75) is 12.1 Å². The van der Waals surface area contributed by atoms with Crippen molar-refractivity contribution in [3.8, 4) is 0 Å². The van der Waals surface area contributed by atoms with Gasteiger partial charge in [-0.25, -0.2) is 0 Å². The van der Waals surface area contributed by atoms with Crippen molar-refractivity contribution in [2.75, 3.05) is 33.8 Å². The minimum atomic E-state index is 0.159. The molecular formula is C16H21N3O. The van der Waals surface area contributed by atoms with E-state index < -0.39 is 0 Å². The van der Waals surface area contributed by atoms with Gasteiger partial charge in [0.2, 0.25) is 0 Å². The summed E-state index contributed by atoms with van der Waals surface area (Å²) in [6.07, 6.45) is 4.03. The molecule has 0 bridgehead atoms. The number of hydrogen-bond donors (Lipinski definition) is 1. The van der Waals surface area contributed by atoms with Crippen LogP contribution in [-0.2, 0) is 4.74 Å². The molecule has 1 aliphatic heterocycles. The van der Waals surface area contributed by atoms with Crippen LogP contribution in [0.2, 0.25) is 0 Å². The molecule has 0 amide bonds. The second kappa shape index (κ2) is 5.87. The first kappa shape index (κ1) is 13.5. The van der Waals surface area contributed by atoms with Crippen molar-refractivity contribution < 1.29 is 4.74 Å². The van der Waals surface area contributed by atoms with E-state index in [9.17, 15) is 0 Å². The maximum Gasteiger partial charge on any atom is 0.0897 e. The van der Waals surface area contributed by atoms with E-state index in [1.165, 1.54) is 16.3 Å². The molecule has 2 aromatic rings. The third-order valence-corrected chi connectivity index (χ3v) is 4.01. The van der Waals surface area contributed by atoms with Crippen molar-refractivity contribution in [1.29, 1.82) is 0 Å². The van der Waals surface area contributed by atoms with E-state index in [2.05, 4.69) is 40.4 Å². The molecular weight excluding hydrogens is 250 g/mol. The van der Waals surface area contributed by atoms with Gasteiger partial charge in [0.25, 0.3) is 0 Å². The number of pyridine rings is 1. The normalized spacial score (nSPS) is 22.0. The summed E-state index contributed by atoms with van der Waals surface area (Å²) in [5.74, 6) is 0. The third kappa shape index (κ3) is 2.54. The highest BCUT2D eigenvalue weighted by Gasteiger charge is 2.28. The first-order valence-electron chi connectivity index (χ1n) is 7.09. The number of ether oxygens (including phenoxy) is 1. The molecule has 0 saturated carbocycles. The van der Waals surface area contributed by atoms with Crippen molar-refractivity contribution >= 4 is 10.8 Å². The van der Waals surface area contributed by atoms with Crippen LogP contribution in [0, 0.1) is 0 Å². The average molecular weight is 271 g/mol. The summed E-state index contributed by atoms with van der Waals surface area (Å²) in [6.45, 7) is 2.73. The summed E-state index contributed by atoms with van der Waals surface area (Å²) < 4.78 is 5.97. The molecule has 1 aromatic heterocycles. The summed E-state index contributed by atoms with van der Waals surface area (Å²) >= 11 is 0. The molecule has 0 radical (unpaired) electrons. The molecule has 1 fully saturated rings. The number of nitrogens with one attached hydrogen (secondary N) is 1. The van der Waals surface area contributed by atoms with E-state index in [0.717, 1.165) is 19.7 Å². The molecule has 1 aromatic carbocycles. The number of benzene rings is 1. The van der Waals surface area contributed by atoms with Crippen LogP contribution in [-0.4, -0.2) is 49.8 Å². The van der Waals surface area contributed by atoms with Crippen molar-refractivity contribution in [2.24, 2.45) is 0 Å². The number of hydrogen-bond acceptors (Lipinski definition) is 4. The number of nitrogens with zero attached hydrogens (tertiary/aromatic N) is 2. The van der Waals surface area contributed by atoms with Gasteiger partial charge in [0.15, 0.2) is 0 Å². The highest BCUT2D eigenvalue weighted by molar-refractivity contribution is 5.85. The summed E-state index contributed by atoms with van der Waals surface area (Å²) in [7, 11) is 4.13. The van der Waals surface area contributed by atoms with Gasteiger partial charge in [0.05, 0.1) is 18.8 Å². The van der Waals surface area contributed by atoms with Crippen molar-refractivity contribution in [1.82, 2.24) is 15.2 Å². The van der Waals surface area contributed by atoms with E-state index in [4.69, 9.17) is 4.74 Å². The molecule has 1 aliphatic rings. The van der Waals surface area contributed by atoms with Gasteiger partial charge in [-0.3, -0.25) is 4.98 Å². The molecule has 2 atom stereocenters. The fourth-order valence-electron chi connectivity index (χ4n) is 2.94. The van der Waals surface area contributed by atoms with Crippen LogP contribution in [0.15, 0.2) is 36.7 Å². The quantitative estimate of drug-likeness (QED) is 0.924. The predicted octanol–water partition coefficient (Wildman–Crippen LogP) is 1.83. The second-order valence-electron chi connectivity index (χ2n) is 5.39. The zero-order valence-electron chi connectivity index (χ0n) is 12.0. The molecule has 1 saturated heterocycles. The highest BCUT2D eigenvalue weighted by atomic mass is 16.5. The molecule has 3 rings (SSSR count). The van der Waals surface area contributed by atoms with Crippen LogP contribution in [0.25, 0.3) is 10.8 Å². The van der Waals surface area contributed by atoms with Gasteiger partial charge in [0, 0.05) is 30.9 Å². The van der Waals surface area contributed by atoms with Crippen LogP contribution in [0.5, 0.6) is 0 Å². The standard InChI is InChI=1S/C16H21N3O/c1-17-16(15-11-19(2)7-8-20-15)14-10-18-9-12-5-3-4-6-13(12)14/h3-6,9-10,15-17H,7-8,11H2,1-2H3. The van der Waals surface area contributed by atoms with Gasteiger partial charge in [0.1, 0.15) is 0 Å². The molecule has 106 valence electrons. The van der Waals surface area contributed by atoms with Gasteiger partial charge >= 0.3 is 0 Å². The Hall–Kier alpha value is -1.49. The number of fused-ring (bicyclic) bond motifs is 1. The Morgan fingerprint density at radius 1 is 1.35 bits per heavy atom. The smallest absolute Gasteiger partial charge is 0.0897 e. The summed E-state index contributed by atoms with van der Waals surface area (Å²) in [5, 5.41) is 5.83. The Balaban J connectivity index is 1.98. The van der Waals surface area contributed by atoms with Gasteiger partial charge in [-0.05, 0) is 25.0 Å². The van der Waals surface area contributed by atoms with Crippen LogP contribution in [0.4, 0.5) is 0 Å². The molecule has 1 N–H and O–H groups in total. The lowest BCUT2D eigenvalue weighted by atomic mass is 9.97. The first-order valence-corrected chi connectivity index (χ1v) is 7.09. The van der Waals surface area contributed by atoms with Gasteiger partial charge in [-0.15, -0.1) is 0 Å². The fraction of sp³-hybridized carbons (Fsp3) is 0.438. The lowest BCUT2D eigenvalue weighted by Gasteiger charge is -2.35. The number of rotatable bonds is 3. The summed E-state index contributed by atoms with van der Waals surface area (Å²) in [5.41, 5.74) is 1.21. The van der Waals surface area contributed by atoms with Gasteiger partial charge in [-0.1, -0.05) is 24.3 Å². The Kier molecular flexibility index (Phi) is 3.96. The number of aromatic nitrogens is 1. The van der Waals surface area contributed by atoms with Crippen LogP contribution < -0.4 is 5.32 Å². The van der Waals surface area contributed by atoms with Crippen LogP contribution >= 0.6 is 0 Å². The molecule has 20 heavy (non-hydrogen) atoms. The molecule has 2 heterocycles. The summed E-state index contributed by atoms with van der Waals surface area (Å²) in [6, 6.07) is 8.55. The Morgan fingerprint density at radius 3 is 3.00 bits per heavy atom. The lowest BCUT2D eigenvalue weighted by Crippen LogP contribution is -2.46. The molecule has 4 heteroatoms. The summed E-state index contributed by atoms with van der Waals surface area (Å²) in [4.78, 5) is 6.70. The average Bonchev–Trinajstić information content (AvgIpc) is 2.48. The highest BCUT2D eigenvalue weighted by Crippen LogP contribution is 2.27. The molecule has 0 aliphatic carbocycles. The minimum absolute atomic E-state index is 0.159. The van der Waals surface area contributed by atoms with Gasteiger partial charge in [-0.2, -0.15) is 0 Å². The maximum atomic E-state index is 5.97. The third-order valence-electron chi connectivity index (χ3n) is 4.01. The van der Waals surface area contributed by atoms with Gasteiger partial charge < -0.3 is 15.0 Å². The topological polar surface area (TPSA) is 37.4 Å². The minimum Gasteiger partial charge on any atom is -0.374 e.